The van der Waals surface area contributed by atoms with Crippen LogP contribution in [-0.2, 0) is 27.2 Å². The summed E-state index contributed by atoms with van der Waals surface area (Å²) in [4.78, 5) is 24.0. The van der Waals surface area contributed by atoms with Crippen molar-refractivity contribution in [2.24, 2.45) is 0 Å². The van der Waals surface area contributed by atoms with E-state index >= 15 is 0 Å². The van der Waals surface area contributed by atoms with Gasteiger partial charge < -0.3 is 20.1 Å². The second-order valence-corrected chi connectivity index (χ2v) is 9.04. The predicted octanol–water partition coefficient (Wildman–Crippen LogP) is 5.86. The number of carbonyl (C=O) groups excluding carboxylic acids is 2. The van der Waals surface area contributed by atoms with Crippen LogP contribution in [0.25, 0.3) is 0 Å². The lowest BCUT2D eigenvalue weighted by Gasteiger charge is -2.11. The summed E-state index contributed by atoms with van der Waals surface area (Å²) >= 11 is 5.22. The van der Waals surface area contributed by atoms with E-state index in [-0.39, 0.29) is 29.8 Å². The summed E-state index contributed by atoms with van der Waals surface area (Å²) < 4.78 is 11.0. The molecule has 7 heteroatoms. The third-order valence-corrected chi connectivity index (χ3v) is 5.79. The molecule has 0 aliphatic rings. The van der Waals surface area contributed by atoms with Gasteiger partial charge in [-0.2, -0.15) is 0 Å². The molecular formula is C30H34N2O4S. The lowest BCUT2D eigenvalue weighted by molar-refractivity contribution is -0.143. The van der Waals surface area contributed by atoms with Gasteiger partial charge in [0.2, 0.25) is 5.91 Å². The first-order valence-electron chi connectivity index (χ1n) is 12.7. The summed E-state index contributed by atoms with van der Waals surface area (Å²) in [6.45, 7) is 1.02. The molecule has 1 amide bonds. The molecule has 0 radical (unpaired) electrons. The molecule has 0 aromatic heterocycles. The lowest BCUT2D eigenvalue weighted by Crippen LogP contribution is -2.34. The molecule has 0 fully saturated rings. The van der Waals surface area contributed by atoms with E-state index in [2.05, 4.69) is 34.9 Å². The summed E-state index contributed by atoms with van der Waals surface area (Å²) in [5.74, 6) is 0.247. The van der Waals surface area contributed by atoms with Crippen molar-refractivity contribution in [2.75, 3.05) is 18.5 Å². The average Bonchev–Trinajstić information content (AvgIpc) is 2.91. The zero-order chi connectivity index (χ0) is 26.1. The minimum atomic E-state index is -0.288. The number of hydrogen-bond donors (Lipinski definition) is 2. The monoisotopic (exact) mass is 518 g/mol. The zero-order valence-electron chi connectivity index (χ0n) is 21.0. The Kier molecular flexibility index (Phi) is 12.1. The number of esters is 1. The highest BCUT2D eigenvalue weighted by Gasteiger charge is 2.08. The smallest absolute Gasteiger partial charge is 0.305 e. The second-order valence-electron chi connectivity index (χ2n) is 8.63. The fourth-order valence-electron chi connectivity index (χ4n) is 3.67. The largest absolute Gasteiger partial charge is 0.494 e. The van der Waals surface area contributed by atoms with Gasteiger partial charge in [0.05, 0.1) is 13.2 Å². The van der Waals surface area contributed by atoms with E-state index in [0.29, 0.717) is 19.6 Å². The quantitative estimate of drug-likeness (QED) is 0.158. The first-order chi connectivity index (χ1) is 18.1. The van der Waals surface area contributed by atoms with Crippen LogP contribution in [0.3, 0.4) is 0 Å². The van der Waals surface area contributed by atoms with Gasteiger partial charge >= 0.3 is 5.97 Å². The van der Waals surface area contributed by atoms with Gasteiger partial charge in [-0.05, 0) is 79.7 Å². The number of hydrogen-bond acceptors (Lipinski definition) is 5. The highest BCUT2D eigenvalue weighted by atomic mass is 32.1. The minimum Gasteiger partial charge on any atom is -0.494 e. The van der Waals surface area contributed by atoms with Gasteiger partial charge in [0.15, 0.2) is 5.11 Å². The molecule has 3 aromatic carbocycles. The van der Waals surface area contributed by atoms with E-state index in [1.54, 1.807) is 0 Å². The summed E-state index contributed by atoms with van der Waals surface area (Å²) in [6.07, 6.45) is 4.35. The molecule has 0 saturated heterocycles. The molecule has 0 bridgehead atoms. The van der Waals surface area contributed by atoms with E-state index in [4.69, 9.17) is 21.7 Å². The molecule has 3 rings (SSSR count). The van der Waals surface area contributed by atoms with E-state index in [1.165, 1.54) is 11.1 Å². The highest BCUT2D eigenvalue weighted by molar-refractivity contribution is 7.80. The van der Waals surface area contributed by atoms with Crippen LogP contribution in [0.5, 0.6) is 5.75 Å². The molecule has 3 aromatic rings. The fourth-order valence-corrected chi connectivity index (χ4v) is 3.90. The van der Waals surface area contributed by atoms with E-state index < -0.39 is 0 Å². The Hall–Kier alpha value is -3.71. The number of nitrogens with one attached hydrogen (secondary N) is 2. The molecule has 2 N–H and O–H groups in total. The van der Waals surface area contributed by atoms with Crippen LogP contribution in [0, 0.1) is 0 Å². The van der Waals surface area contributed by atoms with E-state index in [1.807, 2.05) is 60.7 Å². The minimum absolute atomic E-state index is 0.191. The normalized spacial score (nSPS) is 10.4. The molecule has 0 unspecified atom stereocenters. The van der Waals surface area contributed by atoms with Crippen LogP contribution in [0.4, 0.5) is 5.69 Å². The molecule has 0 atom stereocenters. The van der Waals surface area contributed by atoms with Crippen molar-refractivity contribution < 1.29 is 19.1 Å². The summed E-state index contributed by atoms with van der Waals surface area (Å²) in [7, 11) is 0. The Morgan fingerprint density at radius 2 is 1.30 bits per heavy atom. The Morgan fingerprint density at radius 3 is 1.92 bits per heavy atom. The van der Waals surface area contributed by atoms with Crippen molar-refractivity contribution in [3.63, 3.8) is 0 Å². The Balaban J connectivity index is 1.23. The molecule has 0 saturated carbocycles. The molecular weight excluding hydrogens is 484 g/mol. The van der Waals surface area contributed by atoms with Gasteiger partial charge in [0, 0.05) is 18.5 Å². The Morgan fingerprint density at radius 1 is 0.703 bits per heavy atom. The van der Waals surface area contributed by atoms with Crippen LogP contribution in [0.1, 0.15) is 43.2 Å². The van der Waals surface area contributed by atoms with Crippen LogP contribution in [-0.4, -0.2) is 30.2 Å². The Labute approximate surface area is 224 Å². The lowest BCUT2D eigenvalue weighted by atomic mass is 10.1. The van der Waals surface area contributed by atoms with Crippen molar-refractivity contribution in [1.82, 2.24) is 5.32 Å². The maximum atomic E-state index is 12.1. The molecule has 0 spiro atoms. The predicted molar refractivity (Wildman–Crippen MR) is 151 cm³/mol. The van der Waals surface area contributed by atoms with Crippen molar-refractivity contribution in [3.8, 4) is 5.75 Å². The van der Waals surface area contributed by atoms with Crippen LogP contribution in [0.15, 0.2) is 84.9 Å². The molecule has 6 nitrogen and oxygen atoms in total. The number of benzene rings is 3. The van der Waals surface area contributed by atoms with E-state index in [0.717, 1.165) is 37.1 Å². The average molecular weight is 519 g/mol. The SMILES string of the molecule is O=C(CCCC(=O)OCCCc1ccccc1)NC(=S)Nc1ccc(OCCCc2ccccc2)cc1. The van der Waals surface area contributed by atoms with Gasteiger partial charge in [-0.15, -0.1) is 0 Å². The third-order valence-electron chi connectivity index (χ3n) is 5.59. The van der Waals surface area contributed by atoms with Crippen molar-refractivity contribution in [1.29, 1.82) is 0 Å². The standard InChI is InChI=1S/C30H34N2O4S/c33-28(16-7-17-29(34)36-23-9-15-25-12-5-2-6-13-25)32-30(37)31-26-18-20-27(21-19-26)35-22-8-14-24-10-3-1-4-11-24/h1-6,10-13,18-21H,7-9,14-17,22-23H2,(H2,31,32,33,37). The number of rotatable bonds is 14. The topological polar surface area (TPSA) is 76.7 Å². The van der Waals surface area contributed by atoms with Crippen LogP contribution >= 0.6 is 12.2 Å². The maximum Gasteiger partial charge on any atom is 0.305 e. The van der Waals surface area contributed by atoms with Gasteiger partial charge in [-0.25, -0.2) is 0 Å². The van der Waals surface area contributed by atoms with Crippen molar-refractivity contribution >= 4 is 34.9 Å². The number of anilines is 1. The summed E-state index contributed by atoms with van der Waals surface area (Å²) in [5.41, 5.74) is 3.27. The number of amides is 1. The number of aryl methyl sites for hydroxylation is 2. The van der Waals surface area contributed by atoms with Gasteiger partial charge in [-0.3, -0.25) is 9.59 Å². The molecule has 194 valence electrons. The first kappa shape index (κ1) is 27.9. The highest BCUT2D eigenvalue weighted by Crippen LogP contribution is 2.16. The number of thiocarbonyl (C=S) groups is 1. The van der Waals surface area contributed by atoms with Gasteiger partial charge in [-0.1, -0.05) is 60.7 Å². The Bertz CT molecular complexity index is 1110. The molecule has 0 aliphatic carbocycles. The first-order valence-corrected chi connectivity index (χ1v) is 13.1. The van der Waals surface area contributed by atoms with Crippen LogP contribution < -0.4 is 15.4 Å². The number of carbonyl (C=O) groups is 2. The molecule has 37 heavy (non-hydrogen) atoms. The van der Waals surface area contributed by atoms with E-state index in [9.17, 15) is 9.59 Å². The molecule has 0 aliphatic heterocycles. The third kappa shape index (κ3) is 11.7. The number of ether oxygens (including phenoxy) is 2. The molecule has 0 heterocycles. The van der Waals surface area contributed by atoms with Crippen molar-refractivity contribution in [2.45, 2.75) is 44.9 Å². The summed E-state index contributed by atoms with van der Waals surface area (Å²) in [6, 6.07) is 27.8. The van der Waals surface area contributed by atoms with Crippen molar-refractivity contribution in [3.05, 3.63) is 96.1 Å². The maximum absolute atomic E-state index is 12.1. The zero-order valence-corrected chi connectivity index (χ0v) is 21.8. The summed E-state index contributed by atoms with van der Waals surface area (Å²) in [5, 5.41) is 5.84. The second kappa shape index (κ2) is 16.1. The fraction of sp³-hybridized carbons (Fsp3) is 0.300. The van der Waals surface area contributed by atoms with Gasteiger partial charge in [0.1, 0.15) is 5.75 Å². The van der Waals surface area contributed by atoms with Gasteiger partial charge in [0.25, 0.3) is 0 Å². The van der Waals surface area contributed by atoms with Crippen LogP contribution in [0.2, 0.25) is 0 Å².